The van der Waals surface area contributed by atoms with Gasteiger partial charge in [-0.05, 0) is 46.3 Å². The van der Waals surface area contributed by atoms with Gasteiger partial charge in [-0.15, -0.1) is 13.2 Å². The summed E-state index contributed by atoms with van der Waals surface area (Å²) in [5.74, 6) is -1.17. The van der Waals surface area contributed by atoms with Crippen LogP contribution in [0.4, 0.5) is 13.2 Å². The first-order chi connectivity index (χ1) is 12.7. The van der Waals surface area contributed by atoms with Crippen molar-refractivity contribution in [3.63, 3.8) is 0 Å². The van der Waals surface area contributed by atoms with Gasteiger partial charge in [0.15, 0.2) is 5.17 Å². The molecule has 1 aliphatic carbocycles. The molecule has 0 aromatic carbocycles. The lowest BCUT2D eigenvalue weighted by molar-refractivity contribution is -0.303. The Morgan fingerprint density at radius 2 is 1.93 bits per heavy atom. The third kappa shape index (κ3) is 5.51. The molecule has 0 spiro atoms. The lowest BCUT2D eigenvalue weighted by Gasteiger charge is -2.30. The Hall–Kier alpha value is -2.01. The third-order valence-electron chi connectivity index (χ3n) is 4.22. The molecule has 1 unspecified atom stereocenters. The first-order valence-electron chi connectivity index (χ1n) is 8.51. The van der Waals surface area contributed by atoms with Gasteiger partial charge in [0.25, 0.3) is 5.91 Å². The summed E-state index contributed by atoms with van der Waals surface area (Å²) in [6.07, 6.45) is -1.98. The summed E-state index contributed by atoms with van der Waals surface area (Å²) in [4.78, 5) is 29.7. The number of carbonyl (C=O) groups excluding carboxylic acids is 2. The molecule has 1 heterocycles. The van der Waals surface area contributed by atoms with Crippen LogP contribution in [0.2, 0.25) is 0 Å². The highest BCUT2D eigenvalue weighted by Crippen LogP contribution is 2.37. The van der Waals surface area contributed by atoms with Crippen molar-refractivity contribution in [1.29, 1.82) is 0 Å². The van der Waals surface area contributed by atoms with E-state index in [0.717, 1.165) is 11.8 Å². The predicted molar refractivity (Wildman–Crippen MR) is 99.9 cm³/mol. The van der Waals surface area contributed by atoms with Gasteiger partial charge in [0.1, 0.15) is 11.3 Å². The average molecular weight is 420 g/mol. The number of rotatable bonds is 5. The van der Waals surface area contributed by atoms with Gasteiger partial charge >= 0.3 is 6.36 Å². The molecule has 156 valence electrons. The minimum atomic E-state index is -4.77. The van der Waals surface area contributed by atoms with Crippen LogP contribution in [0.25, 0.3) is 0 Å². The number of ether oxygens (including phenoxy) is 1. The monoisotopic (exact) mass is 420 g/mol. The Morgan fingerprint density at radius 1 is 1.29 bits per heavy atom. The fourth-order valence-corrected chi connectivity index (χ4v) is 3.26. The van der Waals surface area contributed by atoms with Crippen LogP contribution in [0.1, 0.15) is 34.1 Å². The maximum atomic E-state index is 12.6. The van der Waals surface area contributed by atoms with E-state index < -0.39 is 23.2 Å². The van der Waals surface area contributed by atoms with Gasteiger partial charge in [0.2, 0.25) is 5.91 Å². The summed E-state index contributed by atoms with van der Waals surface area (Å²) in [5, 5.41) is 5.52. The van der Waals surface area contributed by atoms with Crippen molar-refractivity contribution in [2.24, 2.45) is 16.1 Å². The highest BCUT2D eigenvalue weighted by Gasteiger charge is 2.38. The van der Waals surface area contributed by atoms with E-state index in [1.165, 1.54) is 26.0 Å². The Labute approximate surface area is 165 Å². The maximum absolute atomic E-state index is 12.6. The van der Waals surface area contributed by atoms with Gasteiger partial charge in [-0.25, -0.2) is 0 Å². The van der Waals surface area contributed by atoms with Crippen molar-refractivity contribution in [3.8, 4) is 0 Å². The molecule has 2 aliphatic rings. The van der Waals surface area contributed by atoms with E-state index in [-0.39, 0.29) is 35.8 Å². The summed E-state index contributed by atoms with van der Waals surface area (Å²) < 4.78 is 41.0. The van der Waals surface area contributed by atoms with Gasteiger partial charge in [-0.2, -0.15) is 0 Å². The second kappa shape index (κ2) is 7.78. The van der Waals surface area contributed by atoms with E-state index in [1.54, 1.807) is 13.8 Å². The number of amidine groups is 1. The average Bonchev–Trinajstić information content (AvgIpc) is 2.94. The smallest absolute Gasteiger partial charge is 0.406 e. The number of nitrogens with one attached hydrogen (secondary N) is 2. The molecule has 0 saturated heterocycles. The molecular formula is C17H23F3N4O3S. The van der Waals surface area contributed by atoms with Crippen molar-refractivity contribution in [3.05, 3.63) is 22.8 Å². The lowest BCUT2D eigenvalue weighted by atomic mass is 9.90. The summed E-state index contributed by atoms with van der Waals surface area (Å²) in [6, 6.07) is -0.366. The highest BCUT2D eigenvalue weighted by atomic mass is 32.2. The number of amides is 2. The summed E-state index contributed by atoms with van der Waals surface area (Å²) in [6.45, 7) is 6.52. The molecule has 2 rings (SSSR count). The lowest BCUT2D eigenvalue weighted by Crippen LogP contribution is -2.58. The van der Waals surface area contributed by atoms with E-state index in [4.69, 9.17) is 5.73 Å². The Morgan fingerprint density at radius 3 is 2.50 bits per heavy atom. The van der Waals surface area contributed by atoms with Crippen LogP contribution in [0, 0.1) is 5.41 Å². The van der Waals surface area contributed by atoms with E-state index in [2.05, 4.69) is 20.4 Å². The molecule has 11 heteroatoms. The zero-order valence-electron chi connectivity index (χ0n) is 15.9. The van der Waals surface area contributed by atoms with Crippen molar-refractivity contribution in [2.75, 3.05) is 6.54 Å². The van der Waals surface area contributed by atoms with Gasteiger partial charge in [-0.1, -0.05) is 11.8 Å². The largest absolute Gasteiger partial charge is 0.573 e. The number of allylic oxidation sites excluding steroid dienone is 1. The van der Waals surface area contributed by atoms with Gasteiger partial charge < -0.3 is 21.1 Å². The molecule has 1 aliphatic heterocycles. The first kappa shape index (κ1) is 22.3. The minimum Gasteiger partial charge on any atom is -0.406 e. The quantitative estimate of drug-likeness (QED) is 0.632. The second-order valence-electron chi connectivity index (χ2n) is 7.61. The Bertz CT molecular complexity index is 757. The topological polar surface area (TPSA) is 106 Å². The maximum Gasteiger partial charge on any atom is 0.573 e. The Kier molecular flexibility index (Phi) is 6.19. The molecule has 7 nitrogen and oxygen atoms in total. The highest BCUT2D eigenvalue weighted by molar-refractivity contribution is 8.17. The number of hydrogen-bond acceptors (Lipinski definition) is 6. The van der Waals surface area contributed by atoms with Crippen molar-refractivity contribution in [2.45, 2.75) is 52.1 Å². The van der Waals surface area contributed by atoms with E-state index in [0.29, 0.717) is 4.91 Å². The normalized spacial score (nSPS) is 19.9. The number of alkyl halides is 3. The second-order valence-corrected chi connectivity index (χ2v) is 8.67. The third-order valence-corrected chi connectivity index (χ3v) is 5.24. The van der Waals surface area contributed by atoms with E-state index in [1.807, 2.05) is 0 Å². The van der Waals surface area contributed by atoms with Crippen LogP contribution >= 0.6 is 11.8 Å². The Balaban J connectivity index is 1.99. The fraction of sp³-hybridized carbons (Fsp3) is 0.588. The van der Waals surface area contributed by atoms with Crippen LogP contribution < -0.4 is 16.4 Å². The van der Waals surface area contributed by atoms with Crippen LogP contribution in [0.15, 0.2) is 27.8 Å². The van der Waals surface area contributed by atoms with Crippen LogP contribution in [-0.4, -0.2) is 41.5 Å². The number of hydrogen-bond donors (Lipinski definition) is 3. The molecule has 0 radical (unpaired) electrons. The van der Waals surface area contributed by atoms with Gasteiger partial charge in [0.05, 0.1) is 11.5 Å². The molecule has 2 amide bonds. The van der Waals surface area contributed by atoms with Crippen LogP contribution in [-0.2, 0) is 14.3 Å². The van der Waals surface area contributed by atoms with E-state index >= 15 is 0 Å². The SMILES string of the molecule is CC(C)(CN)C(=O)NC(C)(C)C(=O)NC1=NC2CC=C(OC(F)(F)F)C=C2S1. The summed E-state index contributed by atoms with van der Waals surface area (Å²) in [5.41, 5.74) is 3.50. The van der Waals surface area contributed by atoms with Crippen LogP contribution in [0.3, 0.4) is 0 Å². The molecule has 0 bridgehead atoms. The zero-order chi connectivity index (χ0) is 21.3. The van der Waals surface area contributed by atoms with E-state index in [9.17, 15) is 22.8 Å². The number of nitrogens with two attached hydrogens (primary N) is 1. The number of fused-ring (bicyclic) bond motifs is 1. The molecular weight excluding hydrogens is 397 g/mol. The zero-order valence-corrected chi connectivity index (χ0v) is 16.8. The van der Waals surface area contributed by atoms with Gasteiger partial charge in [0, 0.05) is 11.4 Å². The minimum absolute atomic E-state index is 0.115. The number of aliphatic imine (C=N–C) groups is 1. The number of thioether (sulfide) groups is 1. The van der Waals surface area contributed by atoms with Gasteiger partial charge in [-0.3, -0.25) is 14.6 Å². The molecule has 0 aromatic rings. The molecule has 4 N–H and O–H groups in total. The summed E-state index contributed by atoms with van der Waals surface area (Å²) >= 11 is 1.06. The first-order valence-corrected chi connectivity index (χ1v) is 9.32. The van der Waals surface area contributed by atoms with Crippen molar-refractivity contribution in [1.82, 2.24) is 10.6 Å². The van der Waals surface area contributed by atoms with Crippen molar-refractivity contribution < 1.29 is 27.5 Å². The molecule has 0 fully saturated rings. The molecule has 0 aromatic heterocycles. The molecule has 1 atom stereocenters. The van der Waals surface area contributed by atoms with Crippen LogP contribution in [0.5, 0.6) is 0 Å². The predicted octanol–water partition coefficient (Wildman–Crippen LogP) is 2.16. The number of halogens is 3. The number of carbonyl (C=O) groups is 2. The summed E-state index contributed by atoms with van der Waals surface area (Å²) in [7, 11) is 0. The fourth-order valence-electron chi connectivity index (χ4n) is 2.25. The number of nitrogens with zero attached hydrogens (tertiary/aromatic N) is 1. The van der Waals surface area contributed by atoms with Crippen molar-refractivity contribution >= 4 is 28.7 Å². The molecule has 28 heavy (non-hydrogen) atoms. The molecule has 0 saturated carbocycles. The standard InChI is InChI=1S/C17H23F3N4O3S/c1-15(2,8-21)12(25)24-16(3,4)13(26)23-14-22-10-6-5-9(7-11(10)28-14)27-17(18,19)20/h5,7,10H,6,8,21H2,1-4H3,(H,24,25)(H,22,23,26).